The van der Waals surface area contributed by atoms with Gasteiger partial charge in [-0.25, -0.2) is 4.90 Å². The maximum absolute atomic E-state index is 12.9. The monoisotopic (exact) mass is 809 g/mol. The molecule has 0 spiro atoms. The molecule has 21 nitrogen and oxygen atoms in total. The van der Waals surface area contributed by atoms with E-state index in [1.54, 1.807) is 0 Å². The van der Waals surface area contributed by atoms with E-state index < -0.39 is 48.0 Å². The highest BCUT2D eigenvalue weighted by Gasteiger charge is 2.48. The van der Waals surface area contributed by atoms with E-state index in [1.807, 2.05) is 0 Å². The summed E-state index contributed by atoms with van der Waals surface area (Å²) >= 11 is 0. The van der Waals surface area contributed by atoms with Gasteiger partial charge in [0.15, 0.2) is 0 Å². The molecule has 5 amide bonds. The molecule has 0 aliphatic carbocycles. The average Bonchev–Trinajstić information content (AvgIpc) is 3.71. The van der Waals surface area contributed by atoms with Crippen LogP contribution < -0.4 is 5.32 Å². The van der Waals surface area contributed by atoms with Crippen LogP contribution in [0.15, 0.2) is 12.2 Å². The summed E-state index contributed by atoms with van der Waals surface area (Å²) in [6.07, 6.45) is 1.70. The van der Waals surface area contributed by atoms with Crippen molar-refractivity contribution in [2.75, 3.05) is 152 Å². The van der Waals surface area contributed by atoms with E-state index in [2.05, 4.69) is 5.32 Å². The van der Waals surface area contributed by atoms with E-state index in [0.29, 0.717) is 122 Å². The predicted octanol–water partition coefficient (Wildman–Crippen LogP) is -2.61. The first-order valence-corrected chi connectivity index (χ1v) is 18.6. The first kappa shape index (κ1) is 49.1. The molecule has 2 atom stereocenters. The minimum atomic E-state index is -2.54. The van der Waals surface area contributed by atoms with Crippen LogP contribution >= 0.6 is 0 Å². The Hall–Kier alpha value is -3.03. The molecule has 0 aromatic heterocycles. The third kappa shape index (κ3) is 20.9. The lowest BCUT2D eigenvalue weighted by Gasteiger charge is -2.37. The number of carbonyl (C=O) groups excluding carboxylic acids is 5. The fourth-order valence-corrected chi connectivity index (χ4v) is 4.84. The summed E-state index contributed by atoms with van der Waals surface area (Å²) in [6, 6.07) is -1.33. The zero-order valence-electron chi connectivity index (χ0n) is 32.2. The molecule has 1 fully saturated rings. The number of amides is 5. The molecular weight excluding hydrogens is 750 g/mol. The number of nitrogens with one attached hydrogen (secondary N) is 1. The van der Waals surface area contributed by atoms with Crippen molar-refractivity contribution in [2.24, 2.45) is 0 Å². The van der Waals surface area contributed by atoms with Crippen LogP contribution in [0.5, 0.6) is 0 Å². The topological polar surface area (TPSA) is 246 Å². The molecule has 0 radical (unpaired) electrons. The van der Waals surface area contributed by atoms with Gasteiger partial charge in [0.2, 0.25) is 17.7 Å². The van der Waals surface area contributed by atoms with Gasteiger partial charge in [0.05, 0.1) is 145 Å². The first-order chi connectivity index (χ1) is 27.2. The van der Waals surface area contributed by atoms with Crippen molar-refractivity contribution < 1.29 is 86.3 Å². The quantitative estimate of drug-likeness (QED) is 0.0328. The van der Waals surface area contributed by atoms with Crippen LogP contribution in [0, 0.1) is 0 Å². The molecule has 2 aliphatic rings. The minimum Gasteiger partial charge on any atom is -0.394 e. The Morgan fingerprint density at radius 2 is 0.857 bits per heavy atom. The fourth-order valence-electron chi connectivity index (χ4n) is 4.84. The summed E-state index contributed by atoms with van der Waals surface area (Å²) in [4.78, 5) is 62.7. The van der Waals surface area contributed by atoms with Gasteiger partial charge >= 0.3 is 0 Å². The van der Waals surface area contributed by atoms with E-state index in [1.165, 1.54) is 6.92 Å². The van der Waals surface area contributed by atoms with Gasteiger partial charge in [0.25, 0.3) is 17.7 Å². The maximum Gasteiger partial charge on any atom is 0.254 e. The van der Waals surface area contributed by atoms with Crippen LogP contribution in [-0.2, 0) is 76.1 Å². The van der Waals surface area contributed by atoms with Gasteiger partial charge in [-0.15, -0.1) is 0 Å². The number of imide groups is 2. The molecule has 56 heavy (non-hydrogen) atoms. The molecule has 0 aromatic rings. The summed E-state index contributed by atoms with van der Waals surface area (Å²) in [6.45, 7) is 8.42. The second-order valence-corrected chi connectivity index (χ2v) is 11.9. The summed E-state index contributed by atoms with van der Waals surface area (Å²) in [5.74, 6) is -6.37. The largest absolute Gasteiger partial charge is 0.394 e. The number of aliphatic hydroxyl groups excluding tert-OH is 1. The third-order valence-corrected chi connectivity index (χ3v) is 7.61. The lowest BCUT2D eigenvalue weighted by molar-refractivity contribution is -0.192. The summed E-state index contributed by atoms with van der Waals surface area (Å²) in [7, 11) is 0. The van der Waals surface area contributed by atoms with Crippen molar-refractivity contribution in [2.45, 2.75) is 31.7 Å². The zero-order chi connectivity index (χ0) is 40.7. The Kier molecular flexibility index (Phi) is 27.2. The van der Waals surface area contributed by atoms with Gasteiger partial charge in [-0.3, -0.25) is 28.9 Å². The molecule has 1 saturated heterocycles. The summed E-state index contributed by atoms with van der Waals surface area (Å²) in [5, 5.41) is 22.0. The van der Waals surface area contributed by atoms with E-state index in [9.17, 15) is 29.1 Å². The Bertz CT molecular complexity index is 1130. The van der Waals surface area contributed by atoms with Crippen LogP contribution in [0.3, 0.4) is 0 Å². The number of hydrogen-bond donors (Lipinski definition) is 3. The van der Waals surface area contributed by atoms with Crippen molar-refractivity contribution in [3.63, 3.8) is 0 Å². The highest BCUT2D eigenvalue weighted by Crippen LogP contribution is 2.22. The van der Waals surface area contributed by atoms with E-state index >= 15 is 0 Å². The van der Waals surface area contributed by atoms with E-state index in [-0.39, 0.29) is 45.9 Å². The molecule has 0 bridgehead atoms. The zero-order valence-corrected chi connectivity index (χ0v) is 32.2. The number of carbonyl (C=O) groups is 5. The lowest BCUT2D eigenvalue weighted by atomic mass is 10.2. The number of nitrogens with zero attached hydrogens (tertiary/aromatic N) is 2. The average molecular weight is 810 g/mol. The minimum absolute atomic E-state index is 0.00466. The molecule has 2 unspecified atom stereocenters. The molecule has 3 N–H and O–H groups in total. The normalized spacial score (nSPS) is 16.1. The first-order valence-electron chi connectivity index (χ1n) is 18.6. The van der Waals surface area contributed by atoms with Crippen LogP contribution in [0.1, 0.15) is 19.8 Å². The number of likely N-dealkylation sites (tertiary alicyclic amines) is 1. The van der Waals surface area contributed by atoms with Crippen molar-refractivity contribution in [1.82, 2.24) is 15.1 Å². The molecule has 0 saturated carbocycles. The van der Waals surface area contributed by atoms with Gasteiger partial charge in [0.1, 0.15) is 12.6 Å². The van der Waals surface area contributed by atoms with Crippen LogP contribution in [0.2, 0.25) is 0 Å². The van der Waals surface area contributed by atoms with Crippen molar-refractivity contribution in [1.29, 1.82) is 0 Å². The van der Waals surface area contributed by atoms with Crippen molar-refractivity contribution in [3.8, 4) is 0 Å². The number of hydrogen-bond acceptors (Lipinski definition) is 18. The second kappa shape index (κ2) is 31.0. The van der Waals surface area contributed by atoms with Gasteiger partial charge in [-0.1, -0.05) is 0 Å². The van der Waals surface area contributed by atoms with Gasteiger partial charge in [-0.2, -0.15) is 0 Å². The van der Waals surface area contributed by atoms with Gasteiger partial charge < -0.3 is 67.6 Å². The third-order valence-electron chi connectivity index (χ3n) is 7.61. The van der Waals surface area contributed by atoms with Crippen molar-refractivity contribution >= 4 is 29.5 Å². The van der Waals surface area contributed by atoms with Gasteiger partial charge in [0, 0.05) is 25.0 Å². The van der Waals surface area contributed by atoms with E-state index in [0.717, 1.165) is 12.2 Å². The highest BCUT2D eigenvalue weighted by atomic mass is 16.6. The Balaban J connectivity index is 1.35. The molecule has 0 aromatic carbocycles. The van der Waals surface area contributed by atoms with Crippen molar-refractivity contribution in [3.05, 3.63) is 12.2 Å². The summed E-state index contributed by atoms with van der Waals surface area (Å²) < 4.78 is 59.3. The Morgan fingerprint density at radius 1 is 0.571 bits per heavy atom. The molecule has 322 valence electrons. The standard InChI is InChI=1S/C35H59N3O18/c1-29(37-30(40)2-3-31(37)41)34(44)36-35(45,38-32(42)4-5-33(38)43)28-56-27-26-55-25-24-54-23-22-53-21-20-52-19-18-51-17-16-50-15-14-49-13-12-48-11-10-47-9-8-46-7-6-39/h2-3,29,39,45H,4-28H2,1H3,(H,36,44). The fraction of sp³-hybridized carbons (Fsp3) is 0.800. The molecule has 2 heterocycles. The highest BCUT2D eigenvalue weighted by molar-refractivity contribution is 6.15. The number of ether oxygens (including phenoxy) is 11. The maximum atomic E-state index is 12.9. The van der Waals surface area contributed by atoms with Crippen LogP contribution in [0.4, 0.5) is 0 Å². The smallest absolute Gasteiger partial charge is 0.254 e. The van der Waals surface area contributed by atoms with Crippen LogP contribution in [-0.4, -0.2) is 213 Å². The molecular formula is C35H59N3O18. The summed E-state index contributed by atoms with van der Waals surface area (Å²) in [5.41, 5.74) is 0. The lowest BCUT2D eigenvalue weighted by Crippen LogP contribution is -2.67. The molecule has 2 aliphatic heterocycles. The molecule has 21 heteroatoms. The second-order valence-electron chi connectivity index (χ2n) is 11.9. The number of rotatable bonds is 38. The SMILES string of the molecule is CC(C(=O)NC(O)(COCCOCCOCCOCCOCCOCCOCCOCCOCCOCCOCCO)N1C(=O)CCC1=O)N1C(=O)C=CC1=O. The molecule has 2 rings (SSSR count). The van der Waals surface area contributed by atoms with Gasteiger partial charge in [-0.05, 0) is 6.92 Å². The Morgan fingerprint density at radius 3 is 1.16 bits per heavy atom. The number of aliphatic hydroxyl groups is 2. The van der Waals surface area contributed by atoms with Crippen LogP contribution in [0.25, 0.3) is 0 Å². The Labute approximate surface area is 326 Å². The predicted molar refractivity (Wildman–Crippen MR) is 191 cm³/mol. The van der Waals surface area contributed by atoms with E-state index in [4.69, 9.17) is 57.2 Å².